The molecule has 2 N–H and O–H groups in total. The van der Waals surface area contributed by atoms with Crippen LogP contribution in [0.25, 0.3) is 10.8 Å². The summed E-state index contributed by atoms with van der Waals surface area (Å²) < 4.78 is 63.0. The number of aromatic hydroxyl groups is 1. The van der Waals surface area contributed by atoms with Gasteiger partial charge in [-0.3, -0.25) is 0 Å². The lowest BCUT2D eigenvalue weighted by Gasteiger charge is -2.13. The van der Waals surface area contributed by atoms with E-state index in [-0.39, 0.29) is 11.3 Å². The molecule has 0 atom stereocenters. The number of rotatable bonds is 3. The van der Waals surface area contributed by atoms with Gasteiger partial charge >= 0.3 is 15.6 Å². The Kier molecular flexibility index (Phi) is 3.72. The van der Waals surface area contributed by atoms with Gasteiger partial charge in [0.05, 0.1) is 6.61 Å². The average molecular weight is 322 g/mol. The van der Waals surface area contributed by atoms with Crippen LogP contribution in [0, 0.1) is 0 Å². The van der Waals surface area contributed by atoms with Crippen molar-refractivity contribution in [2.24, 2.45) is 0 Å². The summed E-state index contributed by atoms with van der Waals surface area (Å²) >= 11 is 0. The van der Waals surface area contributed by atoms with E-state index in [1.807, 2.05) is 0 Å². The Bertz CT molecular complexity index is 783. The van der Waals surface area contributed by atoms with Gasteiger partial charge in [-0.1, -0.05) is 6.07 Å². The van der Waals surface area contributed by atoms with Gasteiger partial charge in [0, 0.05) is 5.56 Å². The second-order valence-electron chi connectivity index (χ2n) is 4.13. The Labute approximate surface area is 117 Å². The number of aliphatic hydroxyl groups excluding tert-OH is 1. The van der Waals surface area contributed by atoms with Crippen LogP contribution in [0.2, 0.25) is 0 Å². The molecule has 0 bridgehead atoms. The van der Waals surface area contributed by atoms with Crippen LogP contribution in [0.15, 0.2) is 30.3 Å². The maximum Gasteiger partial charge on any atom is 0.534 e. The summed E-state index contributed by atoms with van der Waals surface area (Å²) in [5.41, 5.74) is -5.72. The van der Waals surface area contributed by atoms with Crippen LogP contribution < -0.4 is 4.18 Å². The highest BCUT2D eigenvalue weighted by molar-refractivity contribution is 7.88. The van der Waals surface area contributed by atoms with Gasteiger partial charge in [0.25, 0.3) is 0 Å². The van der Waals surface area contributed by atoms with E-state index in [0.29, 0.717) is 10.8 Å². The zero-order chi connectivity index (χ0) is 15.8. The molecule has 114 valence electrons. The van der Waals surface area contributed by atoms with Crippen molar-refractivity contribution < 1.29 is 36.0 Å². The van der Waals surface area contributed by atoms with Gasteiger partial charge < -0.3 is 14.4 Å². The fourth-order valence-corrected chi connectivity index (χ4v) is 2.16. The van der Waals surface area contributed by atoms with Crippen molar-refractivity contribution in [3.63, 3.8) is 0 Å². The fourth-order valence-electron chi connectivity index (χ4n) is 1.68. The van der Waals surface area contributed by atoms with E-state index in [0.717, 1.165) is 6.07 Å². The lowest BCUT2D eigenvalue weighted by molar-refractivity contribution is -0.0500. The first-order valence-corrected chi connectivity index (χ1v) is 6.92. The van der Waals surface area contributed by atoms with Gasteiger partial charge in [-0.05, 0) is 35.0 Å². The monoisotopic (exact) mass is 322 g/mol. The summed E-state index contributed by atoms with van der Waals surface area (Å²) in [4.78, 5) is 0. The molecule has 21 heavy (non-hydrogen) atoms. The number of aliphatic hydroxyl groups is 1. The van der Waals surface area contributed by atoms with Crippen molar-refractivity contribution >= 4 is 20.9 Å². The predicted octanol–water partition coefficient (Wildman–Crippen LogP) is 2.27. The van der Waals surface area contributed by atoms with Gasteiger partial charge in [0.2, 0.25) is 0 Å². The van der Waals surface area contributed by atoms with Crippen molar-refractivity contribution in [3.05, 3.63) is 35.9 Å². The first-order chi connectivity index (χ1) is 9.64. The lowest BCUT2D eigenvalue weighted by Crippen LogP contribution is -2.28. The van der Waals surface area contributed by atoms with E-state index in [9.17, 15) is 26.7 Å². The average Bonchev–Trinajstić information content (AvgIpc) is 2.36. The molecule has 0 saturated carbocycles. The molecule has 2 aromatic carbocycles. The van der Waals surface area contributed by atoms with Gasteiger partial charge in [-0.25, -0.2) is 0 Å². The number of hydrogen-bond acceptors (Lipinski definition) is 5. The third-order valence-corrected chi connectivity index (χ3v) is 3.62. The maximum absolute atomic E-state index is 12.3. The van der Waals surface area contributed by atoms with Crippen molar-refractivity contribution in [1.82, 2.24) is 0 Å². The molecule has 0 saturated heterocycles. The molecule has 5 nitrogen and oxygen atoms in total. The van der Waals surface area contributed by atoms with Crippen LogP contribution in [-0.4, -0.2) is 24.1 Å². The number of fused-ring (bicyclic) bond motifs is 1. The molecule has 0 fully saturated rings. The molecule has 0 heterocycles. The molecular weight excluding hydrogens is 313 g/mol. The van der Waals surface area contributed by atoms with Crippen LogP contribution in [0.3, 0.4) is 0 Å². The molecule has 0 amide bonds. The molecule has 2 rings (SSSR count). The van der Waals surface area contributed by atoms with Gasteiger partial charge in [0.1, 0.15) is 11.5 Å². The Hall–Kier alpha value is -2.00. The minimum atomic E-state index is -5.82. The van der Waals surface area contributed by atoms with Crippen molar-refractivity contribution in [1.29, 1.82) is 0 Å². The molecule has 0 aliphatic carbocycles. The van der Waals surface area contributed by atoms with Crippen LogP contribution in [-0.2, 0) is 16.7 Å². The second-order valence-corrected chi connectivity index (χ2v) is 5.67. The molecule has 2 aromatic rings. The topological polar surface area (TPSA) is 83.8 Å². The Morgan fingerprint density at radius 1 is 1.10 bits per heavy atom. The van der Waals surface area contributed by atoms with Crippen LogP contribution in [0.4, 0.5) is 13.2 Å². The van der Waals surface area contributed by atoms with E-state index in [2.05, 4.69) is 4.18 Å². The number of hydrogen-bond donors (Lipinski definition) is 2. The molecule has 0 aromatic heterocycles. The fraction of sp³-hybridized carbons (Fsp3) is 0.167. The SMILES string of the molecule is O=S(=O)(Oc1cc2ccc(O)cc2cc1CO)C(F)(F)F. The van der Waals surface area contributed by atoms with Crippen LogP contribution in [0.5, 0.6) is 11.5 Å². The standard InChI is InChI=1S/C12H9F3O5S/c13-12(14,15)21(18,19)20-11-5-7-1-2-10(17)4-8(7)3-9(11)6-16/h1-5,16-17H,6H2. The van der Waals surface area contributed by atoms with E-state index < -0.39 is 28.0 Å². The molecular formula is C12H9F3O5S. The van der Waals surface area contributed by atoms with Crippen molar-refractivity contribution in [3.8, 4) is 11.5 Å². The highest BCUT2D eigenvalue weighted by Gasteiger charge is 2.48. The maximum atomic E-state index is 12.3. The molecule has 0 aliphatic heterocycles. The minimum absolute atomic E-state index is 0.0806. The van der Waals surface area contributed by atoms with Gasteiger partial charge in [-0.15, -0.1) is 0 Å². The third kappa shape index (κ3) is 3.03. The molecule has 0 radical (unpaired) electrons. The molecule has 0 spiro atoms. The summed E-state index contributed by atoms with van der Waals surface area (Å²) in [5.74, 6) is -0.698. The summed E-state index contributed by atoms with van der Waals surface area (Å²) in [6.45, 7) is -0.728. The summed E-state index contributed by atoms with van der Waals surface area (Å²) in [6.07, 6.45) is 0. The summed E-state index contributed by atoms with van der Waals surface area (Å²) in [7, 11) is -5.82. The molecule has 0 aliphatic rings. The lowest BCUT2D eigenvalue weighted by atomic mass is 10.1. The van der Waals surface area contributed by atoms with E-state index in [4.69, 9.17) is 5.11 Å². The Balaban J connectivity index is 2.56. The van der Waals surface area contributed by atoms with E-state index in [1.54, 1.807) is 0 Å². The Morgan fingerprint density at radius 3 is 2.33 bits per heavy atom. The van der Waals surface area contributed by atoms with Crippen molar-refractivity contribution in [2.75, 3.05) is 0 Å². The molecule has 9 heteroatoms. The smallest absolute Gasteiger partial charge is 0.508 e. The highest BCUT2D eigenvalue weighted by Crippen LogP contribution is 2.32. The quantitative estimate of drug-likeness (QED) is 0.669. The van der Waals surface area contributed by atoms with Gasteiger partial charge in [-0.2, -0.15) is 21.6 Å². The van der Waals surface area contributed by atoms with E-state index >= 15 is 0 Å². The normalized spacial score (nSPS) is 12.6. The number of phenols is 1. The van der Waals surface area contributed by atoms with Crippen LogP contribution in [0.1, 0.15) is 5.56 Å². The predicted molar refractivity (Wildman–Crippen MR) is 67.1 cm³/mol. The minimum Gasteiger partial charge on any atom is -0.508 e. The van der Waals surface area contributed by atoms with E-state index in [1.165, 1.54) is 24.3 Å². The third-order valence-electron chi connectivity index (χ3n) is 2.66. The molecule has 0 unspecified atom stereocenters. The second kappa shape index (κ2) is 5.08. The number of benzene rings is 2. The number of halogens is 3. The summed E-state index contributed by atoms with van der Waals surface area (Å²) in [6, 6.07) is 6.25. The van der Waals surface area contributed by atoms with Gasteiger partial charge in [0.15, 0.2) is 0 Å². The van der Waals surface area contributed by atoms with Crippen molar-refractivity contribution in [2.45, 2.75) is 12.1 Å². The zero-order valence-corrected chi connectivity index (χ0v) is 11.1. The highest BCUT2D eigenvalue weighted by atomic mass is 32.2. The first-order valence-electron chi connectivity index (χ1n) is 5.51. The largest absolute Gasteiger partial charge is 0.534 e. The first kappa shape index (κ1) is 15.4. The number of phenolic OH excluding ortho intramolecular Hbond substituents is 1. The summed E-state index contributed by atoms with van der Waals surface area (Å²) in [5, 5.41) is 19.2. The zero-order valence-electron chi connectivity index (χ0n) is 10.3. The van der Waals surface area contributed by atoms with Crippen LogP contribution >= 0.6 is 0 Å². The Morgan fingerprint density at radius 2 is 1.76 bits per heavy atom. The number of alkyl halides is 3.